The maximum atomic E-state index is 13.0. The maximum absolute atomic E-state index is 13.0. The van der Waals surface area contributed by atoms with E-state index in [1.165, 1.54) is 23.5 Å². The summed E-state index contributed by atoms with van der Waals surface area (Å²) in [5, 5.41) is 10.1. The van der Waals surface area contributed by atoms with Gasteiger partial charge in [-0.3, -0.25) is 4.99 Å². The number of thiophene rings is 1. The lowest BCUT2D eigenvalue weighted by Gasteiger charge is -2.36. The largest absolute Gasteiger partial charge is 0.386 e. The van der Waals surface area contributed by atoms with E-state index >= 15 is 0 Å². The third-order valence-electron chi connectivity index (χ3n) is 4.14. The van der Waals surface area contributed by atoms with Gasteiger partial charge in [-0.05, 0) is 36.4 Å². The standard InChI is InChI=1S/C17H20ClFN4OS.HI/c18-16-6-5-15(25-16)14(24)11-21-17(20)23-9-7-22(8-10-23)13-3-1-12(19)2-4-13;/h1-6,14,24H,7-11H2,(H2,20,21);1H. The summed E-state index contributed by atoms with van der Waals surface area (Å²) in [6.45, 7) is 3.23. The summed E-state index contributed by atoms with van der Waals surface area (Å²) in [6, 6.07) is 10.1. The Morgan fingerprint density at radius 2 is 1.85 bits per heavy atom. The number of hydrogen-bond donors (Lipinski definition) is 2. The lowest BCUT2D eigenvalue weighted by molar-refractivity contribution is 0.190. The predicted molar refractivity (Wildman–Crippen MR) is 116 cm³/mol. The molecule has 1 aliphatic rings. The molecule has 1 saturated heterocycles. The highest BCUT2D eigenvalue weighted by molar-refractivity contribution is 14.0. The van der Waals surface area contributed by atoms with Gasteiger partial charge in [0, 0.05) is 36.7 Å². The molecule has 3 rings (SSSR count). The van der Waals surface area contributed by atoms with Crippen LogP contribution in [0.2, 0.25) is 4.34 Å². The maximum Gasteiger partial charge on any atom is 0.191 e. The first-order valence-corrected chi connectivity index (χ1v) is 9.21. The van der Waals surface area contributed by atoms with Crippen molar-refractivity contribution in [2.24, 2.45) is 10.7 Å². The minimum atomic E-state index is -0.698. The van der Waals surface area contributed by atoms with Crippen LogP contribution >= 0.6 is 46.9 Å². The fourth-order valence-electron chi connectivity index (χ4n) is 2.72. The van der Waals surface area contributed by atoms with E-state index in [-0.39, 0.29) is 36.3 Å². The zero-order chi connectivity index (χ0) is 17.8. The number of hydrogen-bond acceptors (Lipinski definition) is 4. The molecule has 1 aromatic carbocycles. The zero-order valence-corrected chi connectivity index (χ0v) is 17.9. The number of nitrogens with two attached hydrogens (primary N) is 1. The number of rotatable bonds is 4. The van der Waals surface area contributed by atoms with Gasteiger partial charge in [0.1, 0.15) is 11.9 Å². The highest BCUT2D eigenvalue weighted by Crippen LogP contribution is 2.27. The molecule has 0 amide bonds. The van der Waals surface area contributed by atoms with Gasteiger partial charge in [0.2, 0.25) is 0 Å². The molecule has 2 heterocycles. The zero-order valence-electron chi connectivity index (χ0n) is 14.0. The molecule has 9 heteroatoms. The van der Waals surface area contributed by atoms with Gasteiger partial charge in [-0.15, -0.1) is 35.3 Å². The van der Waals surface area contributed by atoms with Crippen molar-refractivity contribution in [3.05, 3.63) is 51.4 Å². The second kappa shape index (κ2) is 9.72. The van der Waals surface area contributed by atoms with Crippen LogP contribution in [0.25, 0.3) is 0 Å². The molecular weight excluding hydrogens is 490 g/mol. The number of benzene rings is 1. The lowest BCUT2D eigenvalue weighted by Crippen LogP contribution is -2.51. The summed E-state index contributed by atoms with van der Waals surface area (Å²) < 4.78 is 13.7. The highest BCUT2D eigenvalue weighted by atomic mass is 127. The van der Waals surface area contributed by atoms with E-state index < -0.39 is 6.10 Å². The Balaban J connectivity index is 0.00000243. The van der Waals surface area contributed by atoms with Crippen molar-refractivity contribution < 1.29 is 9.50 Å². The van der Waals surface area contributed by atoms with Gasteiger partial charge in [-0.2, -0.15) is 0 Å². The Labute approximate surface area is 178 Å². The molecule has 0 radical (unpaired) electrons. The Morgan fingerprint density at radius 3 is 2.42 bits per heavy atom. The molecule has 1 fully saturated rings. The molecule has 26 heavy (non-hydrogen) atoms. The quantitative estimate of drug-likeness (QED) is 0.376. The highest BCUT2D eigenvalue weighted by Gasteiger charge is 2.19. The monoisotopic (exact) mass is 510 g/mol. The third-order valence-corrected chi connectivity index (χ3v) is 5.48. The molecule has 1 unspecified atom stereocenters. The first kappa shape index (κ1) is 21.2. The SMILES string of the molecule is I.NC(=NCC(O)c1ccc(Cl)s1)N1CCN(c2ccc(F)cc2)CC1. The van der Waals surface area contributed by atoms with Gasteiger partial charge in [0.25, 0.3) is 0 Å². The minimum absolute atomic E-state index is 0. The summed E-state index contributed by atoms with van der Waals surface area (Å²) in [6.07, 6.45) is -0.698. The van der Waals surface area contributed by atoms with Crippen LogP contribution in [0.15, 0.2) is 41.4 Å². The molecule has 1 aromatic heterocycles. The number of aliphatic hydroxyl groups excluding tert-OH is 1. The van der Waals surface area contributed by atoms with Crippen LogP contribution in [0.5, 0.6) is 0 Å². The molecule has 3 N–H and O–H groups in total. The molecule has 5 nitrogen and oxygen atoms in total. The number of piperazine rings is 1. The van der Waals surface area contributed by atoms with Gasteiger partial charge in [0.15, 0.2) is 5.96 Å². The van der Waals surface area contributed by atoms with Crippen LogP contribution in [-0.4, -0.2) is 48.7 Å². The van der Waals surface area contributed by atoms with Crippen molar-refractivity contribution in [3.63, 3.8) is 0 Å². The second-order valence-electron chi connectivity index (χ2n) is 5.81. The van der Waals surface area contributed by atoms with Gasteiger partial charge in [-0.25, -0.2) is 4.39 Å². The summed E-state index contributed by atoms with van der Waals surface area (Å²) in [5.74, 6) is 0.199. The normalized spacial score (nSPS) is 16.3. The molecule has 1 aliphatic heterocycles. The van der Waals surface area contributed by atoms with Crippen molar-refractivity contribution in [1.82, 2.24) is 4.90 Å². The molecule has 0 aliphatic carbocycles. The van der Waals surface area contributed by atoms with Gasteiger partial charge < -0.3 is 20.6 Å². The molecular formula is C17H21ClFIN4OS. The number of guanidine groups is 1. The summed E-state index contributed by atoms with van der Waals surface area (Å²) in [5.41, 5.74) is 7.06. The summed E-state index contributed by atoms with van der Waals surface area (Å²) >= 11 is 7.22. The van der Waals surface area contributed by atoms with Crippen LogP contribution in [-0.2, 0) is 0 Å². The summed E-state index contributed by atoms with van der Waals surface area (Å²) in [7, 11) is 0. The summed E-state index contributed by atoms with van der Waals surface area (Å²) in [4.78, 5) is 9.27. The molecule has 0 spiro atoms. The average Bonchev–Trinajstić information content (AvgIpc) is 3.07. The van der Waals surface area contributed by atoms with Gasteiger partial charge >= 0.3 is 0 Å². The van der Waals surface area contributed by atoms with Crippen LogP contribution in [0.4, 0.5) is 10.1 Å². The first-order valence-electron chi connectivity index (χ1n) is 8.01. The van der Waals surface area contributed by atoms with Crippen LogP contribution in [0.1, 0.15) is 11.0 Å². The number of halogens is 3. The van der Waals surface area contributed by atoms with Crippen molar-refractivity contribution in [1.29, 1.82) is 0 Å². The fourth-order valence-corrected chi connectivity index (χ4v) is 3.76. The van der Waals surface area contributed by atoms with E-state index in [1.54, 1.807) is 24.3 Å². The van der Waals surface area contributed by atoms with Crippen LogP contribution in [0.3, 0.4) is 0 Å². The molecule has 1 atom stereocenters. The third kappa shape index (κ3) is 5.45. The Morgan fingerprint density at radius 1 is 1.19 bits per heavy atom. The number of aliphatic hydroxyl groups is 1. The van der Waals surface area contributed by atoms with E-state index in [9.17, 15) is 9.50 Å². The van der Waals surface area contributed by atoms with Crippen molar-refractivity contribution >= 4 is 58.6 Å². The minimum Gasteiger partial charge on any atom is -0.386 e. The molecule has 142 valence electrons. The van der Waals surface area contributed by atoms with Gasteiger partial charge in [-0.1, -0.05) is 11.6 Å². The number of nitrogens with zero attached hydrogens (tertiary/aromatic N) is 3. The molecule has 0 saturated carbocycles. The Bertz CT molecular complexity index is 735. The van der Waals surface area contributed by atoms with Crippen molar-refractivity contribution in [2.75, 3.05) is 37.6 Å². The average molecular weight is 511 g/mol. The van der Waals surface area contributed by atoms with Crippen LogP contribution in [0, 0.1) is 5.82 Å². The van der Waals surface area contributed by atoms with E-state index in [0.29, 0.717) is 10.3 Å². The Hall–Kier alpha value is -1.10. The van der Waals surface area contributed by atoms with Crippen molar-refractivity contribution in [2.45, 2.75) is 6.10 Å². The fraction of sp³-hybridized carbons (Fsp3) is 0.353. The topological polar surface area (TPSA) is 65.1 Å². The van der Waals surface area contributed by atoms with E-state index in [0.717, 1.165) is 36.7 Å². The number of aliphatic imine (C=N–C) groups is 1. The second-order valence-corrected chi connectivity index (χ2v) is 7.55. The molecule has 0 bridgehead atoms. The van der Waals surface area contributed by atoms with Crippen molar-refractivity contribution in [3.8, 4) is 0 Å². The molecule has 2 aromatic rings. The van der Waals surface area contributed by atoms with Crippen LogP contribution < -0.4 is 10.6 Å². The first-order chi connectivity index (χ1) is 12.0. The number of anilines is 1. The van der Waals surface area contributed by atoms with E-state index in [1.807, 2.05) is 4.90 Å². The van der Waals surface area contributed by atoms with E-state index in [4.69, 9.17) is 17.3 Å². The predicted octanol–water partition coefficient (Wildman–Crippen LogP) is 3.33. The smallest absolute Gasteiger partial charge is 0.191 e. The van der Waals surface area contributed by atoms with E-state index in [2.05, 4.69) is 9.89 Å². The lowest BCUT2D eigenvalue weighted by atomic mass is 10.2. The van der Waals surface area contributed by atoms with Gasteiger partial charge in [0.05, 0.1) is 10.9 Å². The Kier molecular flexibility index (Phi) is 7.93.